The molecule has 0 fully saturated rings. The van der Waals surface area contributed by atoms with E-state index in [1.54, 1.807) is 48.5 Å². The van der Waals surface area contributed by atoms with Crippen molar-refractivity contribution in [3.63, 3.8) is 0 Å². The minimum atomic E-state index is -0.0653. The van der Waals surface area contributed by atoms with Crippen LogP contribution in [0.1, 0.15) is 16.2 Å². The fourth-order valence-corrected chi connectivity index (χ4v) is 1.43. The van der Waals surface area contributed by atoms with Crippen LogP contribution >= 0.6 is 0 Å². The van der Waals surface area contributed by atoms with Crippen molar-refractivity contribution in [1.82, 2.24) is 24.6 Å². The number of hydrogen-bond donors (Lipinski definition) is 1. The molecule has 6 nitrogen and oxygen atoms in total. The molecule has 2 aromatic rings. The Bertz CT molecular complexity index is 473. The van der Waals surface area contributed by atoms with Crippen LogP contribution < -0.4 is 0 Å². The summed E-state index contributed by atoms with van der Waals surface area (Å²) < 4.78 is 1.61. The molecule has 16 heavy (non-hydrogen) atoms. The van der Waals surface area contributed by atoms with Gasteiger partial charge in [-0.2, -0.15) is 5.10 Å². The Labute approximate surface area is 92.9 Å². The van der Waals surface area contributed by atoms with Crippen molar-refractivity contribution in [3.05, 3.63) is 36.2 Å². The highest BCUT2D eigenvalue weighted by atomic mass is 16.2. The van der Waals surface area contributed by atoms with Gasteiger partial charge in [-0.15, -0.1) is 0 Å². The molecule has 2 heterocycles. The van der Waals surface area contributed by atoms with Crippen molar-refractivity contribution >= 4 is 5.91 Å². The SMILES string of the molecule is CN(Cc1ncc[nH]1)C(=O)c1cnn(C)c1. The Balaban J connectivity index is 2.05. The lowest BCUT2D eigenvalue weighted by Gasteiger charge is -2.14. The lowest BCUT2D eigenvalue weighted by molar-refractivity contribution is 0.0782. The molecule has 0 atom stereocenters. The van der Waals surface area contributed by atoms with Gasteiger partial charge in [-0.1, -0.05) is 0 Å². The van der Waals surface area contributed by atoms with Crippen LogP contribution in [0.25, 0.3) is 0 Å². The largest absolute Gasteiger partial charge is 0.347 e. The van der Waals surface area contributed by atoms with E-state index in [9.17, 15) is 4.79 Å². The molecule has 6 heteroatoms. The molecule has 2 aromatic heterocycles. The van der Waals surface area contributed by atoms with Gasteiger partial charge in [-0.25, -0.2) is 4.98 Å². The molecule has 0 unspecified atom stereocenters. The van der Waals surface area contributed by atoms with E-state index in [1.165, 1.54) is 0 Å². The Hall–Kier alpha value is -2.11. The molecule has 0 bridgehead atoms. The smallest absolute Gasteiger partial charge is 0.257 e. The van der Waals surface area contributed by atoms with Crippen molar-refractivity contribution in [2.24, 2.45) is 7.05 Å². The van der Waals surface area contributed by atoms with Crippen LogP contribution in [0, 0.1) is 0 Å². The van der Waals surface area contributed by atoms with Crippen LogP contribution in [0.2, 0.25) is 0 Å². The molecule has 84 valence electrons. The molecule has 0 aliphatic heterocycles. The molecule has 0 aromatic carbocycles. The summed E-state index contributed by atoms with van der Waals surface area (Å²) in [6, 6.07) is 0. The quantitative estimate of drug-likeness (QED) is 0.813. The summed E-state index contributed by atoms with van der Waals surface area (Å²) in [4.78, 5) is 20.5. The maximum atomic E-state index is 11.9. The number of aryl methyl sites for hydroxylation is 1. The topological polar surface area (TPSA) is 66.8 Å². The van der Waals surface area contributed by atoms with Gasteiger partial charge in [0.25, 0.3) is 5.91 Å². The molecule has 1 N–H and O–H groups in total. The number of carbonyl (C=O) groups excluding carboxylic acids is 1. The van der Waals surface area contributed by atoms with Gasteiger partial charge in [0.05, 0.1) is 18.3 Å². The molecule has 1 amide bonds. The maximum Gasteiger partial charge on any atom is 0.257 e. The van der Waals surface area contributed by atoms with Gasteiger partial charge in [0.15, 0.2) is 0 Å². The molecular formula is C10H13N5O. The predicted octanol–water partition coefficient (Wildman–Crippen LogP) is 0.415. The number of imidazole rings is 1. The number of hydrogen-bond acceptors (Lipinski definition) is 3. The highest BCUT2D eigenvalue weighted by molar-refractivity contribution is 5.93. The number of aromatic nitrogens is 4. The summed E-state index contributed by atoms with van der Waals surface area (Å²) in [5.41, 5.74) is 0.580. The van der Waals surface area contributed by atoms with Gasteiger partial charge in [-0.3, -0.25) is 9.48 Å². The third-order valence-corrected chi connectivity index (χ3v) is 2.24. The first-order chi connectivity index (χ1) is 7.66. The summed E-state index contributed by atoms with van der Waals surface area (Å²) in [6.45, 7) is 0.459. The average molecular weight is 219 g/mol. The predicted molar refractivity (Wildman–Crippen MR) is 57.6 cm³/mol. The van der Waals surface area contributed by atoms with Crippen molar-refractivity contribution in [2.75, 3.05) is 7.05 Å². The van der Waals surface area contributed by atoms with Crippen LogP contribution in [0.3, 0.4) is 0 Å². The lowest BCUT2D eigenvalue weighted by Crippen LogP contribution is -2.26. The highest BCUT2D eigenvalue weighted by Gasteiger charge is 2.14. The standard InChI is InChI=1S/C10H13N5O/c1-14(7-9-11-3-4-12-9)10(16)8-5-13-15(2)6-8/h3-6H,7H2,1-2H3,(H,11,12). The normalized spacial score (nSPS) is 10.4. The summed E-state index contributed by atoms with van der Waals surface area (Å²) in [5.74, 6) is 0.698. The molecule has 0 saturated carbocycles. The number of H-pyrrole nitrogens is 1. The average Bonchev–Trinajstić information content (AvgIpc) is 2.88. The first-order valence-corrected chi connectivity index (χ1v) is 4.89. The second kappa shape index (κ2) is 4.18. The molecule has 0 spiro atoms. The number of carbonyl (C=O) groups is 1. The third-order valence-electron chi connectivity index (χ3n) is 2.24. The molecule has 0 radical (unpaired) electrons. The van der Waals surface area contributed by atoms with Gasteiger partial charge in [0.1, 0.15) is 5.82 Å². The summed E-state index contributed by atoms with van der Waals surface area (Å²) in [5, 5.41) is 3.96. The zero-order valence-corrected chi connectivity index (χ0v) is 9.21. The fraction of sp³-hybridized carbons (Fsp3) is 0.300. The maximum absolute atomic E-state index is 11.9. The van der Waals surface area contributed by atoms with Crippen LogP contribution in [0.5, 0.6) is 0 Å². The number of rotatable bonds is 3. The molecule has 0 aliphatic rings. The second-order valence-corrected chi connectivity index (χ2v) is 3.60. The zero-order chi connectivity index (χ0) is 11.5. The van der Waals surface area contributed by atoms with E-state index in [4.69, 9.17) is 0 Å². The van der Waals surface area contributed by atoms with E-state index in [2.05, 4.69) is 15.1 Å². The van der Waals surface area contributed by atoms with Gasteiger partial charge in [0, 0.05) is 32.7 Å². The van der Waals surface area contributed by atoms with Gasteiger partial charge in [-0.05, 0) is 0 Å². The van der Waals surface area contributed by atoms with E-state index in [0.29, 0.717) is 12.1 Å². The first-order valence-electron chi connectivity index (χ1n) is 4.89. The lowest BCUT2D eigenvalue weighted by atomic mass is 10.3. The molecular weight excluding hydrogens is 206 g/mol. The van der Waals surface area contributed by atoms with E-state index in [0.717, 1.165) is 5.82 Å². The molecule has 2 rings (SSSR count). The Morgan fingerprint density at radius 2 is 2.44 bits per heavy atom. The van der Waals surface area contributed by atoms with Crippen molar-refractivity contribution in [1.29, 1.82) is 0 Å². The number of nitrogens with zero attached hydrogens (tertiary/aromatic N) is 4. The highest BCUT2D eigenvalue weighted by Crippen LogP contribution is 2.04. The zero-order valence-electron chi connectivity index (χ0n) is 9.21. The Morgan fingerprint density at radius 1 is 1.62 bits per heavy atom. The summed E-state index contributed by atoms with van der Waals surface area (Å²) in [7, 11) is 3.52. The number of amides is 1. The van der Waals surface area contributed by atoms with Gasteiger partial charge < -0.3 is 9.88 Å². The van der Waals surface area contributed by atoms with Crippen LogP contribution in [0.15, 0.2) is 24.8 Å². The van der Waals surface area contributed by atoms with E-state index in [1.807, 2.05) is 0 Å². The van der Waals surface area contributed by atoms with E-state index >= 15 is 0 Å². The fourth-order valence-electron chi connectivity index (χ4n) is 1.43. The van der Waals surface area contributed by atoms with Crippen molar-refractivity contribution < 1.29 is 4.79 Å². The summed E-state index contributed by atoms with van der Waals surface area (Å²) >= 11 is 0. The van der Waals surface area contributed by atoms with E-state index in [-0.39, 0.29) is 5.91 Å². The number of nitrogens with one attached hydrogen (secondary N) is 1. The van der Waals surface area contributed by atoms with Gasteiger partial charge >= 0.3 is 0 Å². The third kappa shape index (κ3) is 2.10. The monoisotopic (exact) mass is 219 g/mol. The van der Waals surface area contributed by atoms with Crippen molar-refractivity contribution in [3.8, 4) is 0 Å². The van der Waals surface area contributed by atoms with Crippen LogP contribution in [-0.4, -0.2) is 37.6 Å². The Morgan fingerprint density at radius 3 is 3.00 bits per heavy atom. The minimum absolute atomic E-state index is 0.0653. The first kappa shape index (κ1) is 10.4. The van der Waals surface area contributed by atoms with Crippen LogP contribution in [0.4, 0.5) is 0 Å². The van der Waals surface area contributed by atoms with Gasteiger partial charge in [0.2, 0.25) is 0 Å². The van der Waals surface area contributed by atoms with Crippen molar-refractivity contribution in [2.45, 2.75) is 6.54 Å². The summed E-state index contributed by atoms with van der Waals surface area (Å²) in [6.07, 6.45) is 6.65. The number of aromatic amines is 1. The molecule has 0 aliphatic carbocycles. The van der Waals surface area contributed by atoms with E-state index < -0.39 is 0 Å². The van der Waals surface area contributed by atoms with Crippen LogP contribution in [-0.2, 0) is 13.6 Å². The second-order valence-electron chi connectivity index (χ2n) is 3.60. The minimum Gasteiger partial charge on any atom is -0.347 e. The molecule has 0 saturated heterocycles. The Kier molecular flexibility index (Phi) is 2.72.